The molecule has 4 N–H and O–H groups in total. The third-order valence-corrected chi connectivity index (χ3v) is 6.78. The molecule has 0 saturated carbocycles. The SMILES string of the molecule is CNC(C(=O)N[C@H](C(=O)N(C)[C@H](/C=C(\C)C(=O)O)C(C)C)C(C)(C)C)C(C)(C)c1ccc(C(=O)O)cc1. The van der Waals surface area contributed by atoms with Gasteiger partial charge in [-0.2, -0.15) is 0 Å². The molecule has 0 bridgehead atoms. The molecule has 0 fully saturated rings. The van der Waals surface area contributed by atoms with Crippen molar-refractivity contribution < 1.29 is 29.4 Å². The summed E-state index contributed by atoms with van der Waals surface area (Å²) in [5.41, 5.74) is -0.329. The number of hydrogen-bond donors (Lipinski definition) is 4. The van der Waals surface area contributed by atoms with E-state index in [1.165, 1.54) is 24.0 Å². The van der Waals surface area contributed by atoms with Gasteiger partial charge in [-0.25, -0.2) is 9.59 Å². The summed E-state index contributed by atoms with van der Waals surface area (Å²) in [5.74, 6) is -2.85. The zero-order valence-electron chi connectivity index (χ0n) is 23.7. The van der Waals surface area contributed by atoms with Crippen molar-refractivity contribution in [1.82, 2.24) is 15.5 Å². The van der Waals surface area contributed by atoms with E-state index < -0.39 is 40.9 Å². The maximum Gasteiger partial charge on any atom is 0.335 e. The second-order valence-corrected chi connectivity index (χ2v) is 11.5. The number of aromatic carboxylic acids is 1. The molecule has 9 heteroatoms. The summed E-state index contributed by atoms with van der Waals surface area (Å²) in [5, 5.41) is 24.5. The number of carbonyl (C=O) groups is 4. The molecule has 2 amide bonds. The van der Waals surface area contributed by atoms with Crippen LogP contribution in [0.5, 0.6) is 0 Å². The third kappa shape index (κ3) is 7.89. The number of hydrogen-bond acceptors (Lipinski definition) is 5. The molecule has 1 aromatic carbocycles. The van der Waals surface area contributed by atoms with Crippen LogP contribution in [0.15, 0.2) is 35.9 Å². The van der Waals surface area contributed by atoms with Crippen LogP contribution in [0.4, 0.5) is 0 Å². The van der Waals surface area contributed by atoms with E-state index in [9.17, 15) is 29.4 Å². The number of nitrogens with one attached hydrogen (secondary N) is 2. The lowest BCUT2D eigenvalue weighted by molar-refractivity contribution is -0.141. The first kappa shape index (κ1) is 31.8. The van der Waals surface area contributed by atoms with Crippen molar-refractivity contribution in [1.29, 1.82) is 0 Å². The second-order valence-electron chi connectivity index (χ2n) is 11.5. The Hall–Kier alpha value is -3.20. The molecule has 0 radical (unpaired) electrons. The summed E-state index contributed by atoms with van der Waals surface area (Å²) in [6, 6.07) is 4.27. The highest BCUT2D eigenvalue weighted by Crippen LogP contribution is 2.29. The van der Waals surface area contributed by atoms with Crippen LogP contribution in [0.2, 0.25) is 0 Å². The van der Waals surface area contributed by atoms with Crippen LogP contribution in [0, 0.1) is 11.3 Å². The van der Waals surface area contributed by atoms with Gasteiger partial charge in [-0.1, -0.05) is 66.7 Å². The van der Waals surface area contributed by atoms with E-state index in [0.29, 0.717) is 0 Å². The van der Waals surface area contributed by atoms with Gasteiger partial charge >= 0.3 is 11.9 Å². The van der Waals surface area contributed by atoms with Crippen molar-refractivity contribution in [2.45, 2.75) is 78.9 Å². The molecule has 1 rings (SSSR count). The van der Waals surface area contributed by atoms with Crippen molar-refractivity contribution in [2.75, 3.05) is 14.1 Å². The Bertz CT molecular complexity index is 1020. The van der Waals surface area contributed by atoms with Crippen molar-refractivity contribution in [3.05, 3.63) is 47.0 Å². The average molecular weight is 518 g/mol. The van der Waals surface area contributed by atoms with Crippen LogP contribution >= 0.6 is 0 Å². The van der Waals surface area contributed by atoms with Gasteiger partial charge in [0, 0.05) is 18.0 Å². The van der Waals surface area contributed by atoms with Crippen molar-refractivity contribution in [3.63, 3.8) is 0 Å². The van der Waals surface area contributed by atoms with Crippen LogP contribution in [0.25, 0.3) is 0 Å². The van der Waals surface area contributed by atoms with Gasteiger partial charge in [0.15, 0.2) is 0 Å². The topological polar surface area (TPSA) is 136 Å². The summed E-state index contributed by atoms with van der Waals surface area (Å²) in [7, 11) is 3.28. The van der Waals surface area contributed by atoms with E-state index >= 15 is 0 Å². The Kier molecular flexibility index (Phi) is 10.6. The minimum Gasteiger partial charge on any atom is -0.478 e. The Morgan fingerprint density at radius 1 is 0.946 bits per heavy atom. The number of carbonyl (C=O) groups excluding carboxylic acids is 2. The van der Waals surface area contributed by atoms with Gasteiger partial charge in [0.25, 0.3) is 0 Å². The molecule has 0 aliphatic carbocycles. The van der Waals surface area contributed by atoms with Gasteiger partial charge in [0.1, 0.15) is 6.04 Å². The highest BCUT2D eigenvalue weighted by molar-refractivity contribution is 5.92. The van der Waals surface area contributed by atoms with Crippen LogP contribution in [0.3, 0.4) is 0 Å². The minimum absolute atomic E-state index is 0.0580. The smallest absolute Gasteiger partial charge is 0.335 e. The minimum atomic E-state index is -1.05. The Labute approximate surface area is 220 Å². The second kappa shape index (κ2) is 12.4. The predicted octanol–water partition coefficient (Wildman–Crippen LogP) is 3.30. The van der Waals surface area contributed by atoms with Gasteiger partial charge in [0.05, 0.1) is 17.6 Å². The molecular formula is C28H43N3O6. The molecule has 1 aromatic rings. The number of likely N-dealkylation sites (N-methyl/N-ethyl adjacent to an activating group) is 2. The van der Waals surface area contributed by atoms with Crippen LogP contribution in [-0.2, 0) is 19.8 Å². The molecule has 206 valence electrons. The maximum absolute atomic E-state index is 13.7. The number of aliphatic carboxylic acids is 1. The standard InChI is InChI=1S/C28H43N3O6/c1-16(2)20(15-17(3)25(34)35)31(10)24(33)22(27(4,5)6)30-23(32)21(29-9)28(7,8)19-13-11-18(12-14-19)26(36)37/h11-16,20-22,29H,1-10H3,(H,30,32)(H,34,35)(H,36,37)/b17-15+/t20-,21?,22-/m1/s1. The fourth-order valence-corrected chi connectivity index (χ4v) is 4.33. The predicted molar refractivity (Wildman–Crippen MR) is 143 cm³/mol. The lowest BCUT2D eigenvalue weighted by Gasteiger charge is -2.40. The van der Waals surface area contributed by atoms with E-state index in [0.717, 1.165) is 5.56 Å². The number of benzene rings is 1. The first-order valence-corrected chi connectivity index (χ1v) is 12.4. The zero-order valence-corrected chi connectivity index (χ0v) is 23.7. The first-order valence-electron chi connectivity index (χ1n) is 12.4. The van der Waals surface area contributed by atoms with E-state index in [-0.39, 0.29) is 28.9 Å². The third-order valence-electron chi connectivity index (χ3n) is 6.78. The van der Waals surface area contributed by atoms with E-state index in [2.05, 4.69) is 10.6 Å². The van der Waals surface area contributed by atoms with E-state index in [1.807, 2.05) is 48.5 Å². The summed E-state index contributed by atoms with van der Waals surface area (Å²) in [6.07, 6.45) is 1.56. The normalized spacial score (nSPS) is 15.1. The number of amides is 2. The van der Waals surface area contributed by atoms with Gasteiger partial charge in [-0.3, -0.25) is 9.59 Å². The summed E-state index contributed by atoms with van der Waals surface area (Å²) < 4.78 is 0. The monoisotopic (exact) mass is 517 g/mol. The number of carboxylic acid groups (broad SMARTS) is 2. The Balaban J connectivity index is 3.32. The van der Waals surface area contributed by atoms with Gasteiger partial charge in [-0.05, 0) is 43.0 Å². The van der Waals surface area contributed by atoms with Crippen molar-refractivity contribution in [2.24, 2.45) is 11.3 Å². The van der Waals surface area contributed by atoms with Gasteiger partial charge < -0.3 is 25.7 Å². The summed E-state index contributed by atoms with van der Waals surface area (Å²) >= 11 is 0. The van der Waals surface area contributed by atoms with Crippen LogP contribution in [-0.4, -0.2) is 71.1 Å². The lowest BCUT2D eigenvalue weighted by atomic mass is 9.76. The quantitative estimate of drug-likeness (QED) is 0.331. The lowest BCUT2D eigenvalue weighted by Crippen LogP contribution is -2.61. The van der Waals surface area contributed by atoms with Crippen molar-refractivity contribution in [3.8, 4) is 0 Å². The van der Waals surface area contributed by atoms with Crippen LogP contribution in [0.1, 0.15) is 71.3 Å². The van der Waals surface area contributed by atoms with E-state index in [1.54, 1.807) is 32.3 Å². The molecule has 0 aliphatic heterocycles. The molecule has 0 aromatic heterocycles. The van der Waals surface area contributed by atoms with Gasteiger partial charge in [0.2, 0.25) is 11.8 Å². The number of rotatable bonds is 11. The largest absolute Gasteiger partial charge is 0.478 e. The van der Waals surface area contributed by atoms with Crippen LogP contribution < -0.4 is 10.6 Å². The average Bonchev–Trinajstić information content (AvgIpc) is 2.79. The number of carboxylic acids is 2. The fourth-order valence-electron chi connectivity index (χ4n) is 4.33. The van der Waals surface area contributed by atoms with Gasteiger partial charge in [-0.15, -0.1) is 0 Å². The Morgan fingerprint density at radius 3 is 1.84 bits per heavy atom. The van der Waals surface area contributed by atoms with E-state index in [4.69, 9.17) is 0 Å². The maximum atomic E-state index is 13.7. The molecule has 0 aliphatic rings. The first-order chi connectivity index (χ1) is 16.9. The molecular weight excluding hydrogens is 474 g/mol. The molecule has 0 saturated heterocycles. The van der Waals surface area contributed by atoms with Crippen molar-refractivity contribution >= 4 is 23.8 Å². The molecule has 0 heterocycles. The highest BCUT2D eigenvalue weighted by Gasteiger charge is 2.41. The molecule has 1 unspecified atom stereocenters. The Morgan fingerprint density at radius 2 is 1.46 bits per heavy atom. The summed E-state index contributed by atoms with van der Waals surface area (Å²) in [4.78, 5) is 51.4. The number of nitrogens with zero attached hydrogens (tertiary/aromatic N) is 1. The molecule has 0 spiro atoms. The zero-order chi connectivity index (χ0) is 28.9. The molecule has 9 nitrogen and oxygen atoms in total. The summed E-state index contributed by atoms with van der Waals surface area (Å²) in [6.45, 7) is 14.6. The highest BCUT2D eigenvalue weighted by atomic mass is 16.4. The molecule has 37 heavy (non-hydrogen) atoms. The molecule has 3 atom stereocenters. The fraction of sp³-hybridized carbons (Fsp3) is 0.571.